The molecule has 0 radical (unpaired) electrons. The third-order valence-electron chi connectivity index (χ3n) is 5.68. The topological polar surface area (TPSA) is 38.1 Å². The van der Waals surface area contributed by atoms with Crippen molar-refractivity contribution in [1.29, 1.82) is 0 Å². The fourth-order valence-corrected chi connectivity index (χ4v) is 4.44. The van der Waals surface area contributed by atoms with Gasteiger partial charge in [-0.25, -0.2) is 9.07 Å². The lowest BCUT2D eigenvalue weighted by molar-refractivity contribution is 0.0457. The lowest BCUT2D eigenvalue weighted by atomic mass is 9.59. The lowest BCUT2D eigenvalue weighted by Crippen LogP contribution is -2.44. The number of para-hydroxylation sites is 1. The maximum atomic E-state index is 14.2. The smallest absolute Gasteiger partial charge is 0.148 e. The fraction of sp³-hybridized carbons (Fsp3) is 0.500. The summed E-state index contributed by atoms with van der Waals surface area (Å²) >= 11 is 0. The number of fused-ring (bicyclic) bond motifs is 3. The van der Waals surface area contributed by atoms with Crippen molar-refractivity contribution in [3.8, 4) is 5.69 Å². The second-order valence-electron chi connectivity index (χ2n) is 6.96. The number of aromatic nitrogens is 2. The lowest BCUT2D eigenvalue weighted by Gasteiger charge is -2.46. The molecule has 22 heavy (non-hydrogen) atoms. The van der Waals surface area contributed by atoms with E-state index < -0.39 is 0 Å². The van der Waals surface area contributed by atoms with E-state index in [1.807, 2.05) is 12.3 Å². The van der Waals surface area contributed by atoms with E-state index in [-0.39, 0.29) is 17.3 Å². The van der Waals surface area contributed by atoms with E-state index in [0.717, 1.165) is 37.8 Å². The third-order valence-corrected chi connectivity index (χ3v) is 5.68. The Morgan fingerprint density at radius 3 is 2.95 bits per heavy atom. The van der Waals surface area contributed by atoms with Crippen LogP contribution in [0.25, 0.3) is 5.69 Å². The minimum Gasteiger partial charge on any atom is -0.393 e. The Labute approximate surface area is 129 Å². The van der Waals surface area contributed by atoms with E-state index >= 15 is 0 Å². The van der Waals surface area contributed by atoms with Gasteiger partial charge in [-0.3, -0.25) is 0 Å². The molecule has 4 rings (SSSR count). The molecule has 0 amide bonds. The summed E-state index contributed by atoms with van der Waals surface area (Å²) in [6.45, 7) is 2.26. The van der Waals surface area contributed by atoms with Gasteiger partial charge in [0.05, 0.1) is 18.0 Å². The summed E-state index contributed by atoms with van der Waals surface area (Å²) in [5.74, 6) is 0.209. The Kier molecular flexibility index (Phi) is 3.12. The first-order valence-corrected chi connectivity index (χ1v) is 8.10. The molecule has 1 fully saturated rings. The van der Waals surface area contributed by atoms with E-state index in [1.165, 1.54) is 11.6 Å². The zero-order chi connectivity index (χ0) is 15.3. The summed E-state index contributed by atoms with van der Waals surface area (Å²) in [7, 11) is 0. The Morgan fingerprint density at radius 1 is 1.32 bits per heavy atom. The molecule has 0 aliphatic heterocycles. The molecule has 2 aliphatic rings. The van der Waals surface area contributed by atoms with Gasteiger partial charge in [-0.1, -0.05) is 19.1 Å². The molecule has 1 N–H and O–H groups in total. The summed E-state index contributed by atoms with van der Waals surface area (Å²) in [6, 6.07) is 6.82. The van der Waals surface area contributed by atoms with Crippen LogP contribution >= 0.6 is 0 Å². The monoisotopic (exact) mass is 300 g/mol. The normalized spacial score (nSPS) is 30.7. The van der Waals surface area contributed by atoms with Crippen molar-refractivity contribution in [2.45, 2.75) is 50.5 Å². The molecule has 1 heterocycles. The number of hydrogen-bond acceptors (Lipinski definition) is 2. The number of rotatable bonds is 1. The summed E-state index contributed by atoms with van der Waals surface area (Å²) in [5, 5.41) is 14.5. The van der Waals surface area contributed by atoms with Crippen LogP contribution in [0.15, 0.2) is 30.5 Å². The van der Waals surface area contributed by atoms with E-state index in [1.54, 1.807) is 16.8 Å². The molecule has 0 saturated heterocycles. The van der Waals surface area contributed by atoms with E-state index in [4.69, 9.17) is 0 Å². The summed E-state index contributed by atoms with van der Waals surface area (Å²) in [6.07, 6.45) is 6.36. The molecular weight excluding hydrogens is 279 g/mol. The van der Waals surface area contributed by atoms with Crippen LogP contribution < -0.4 is 0 Å². The molecule has 3 atom stereocenters. The zero-order valence-corrected chi connectivity index (χ0v) is 12.8. The van der Waals surface area contributed by atoms with Crippen molar-refractivity contribution in [2.24, 2.45) is 5.92 Å². The van der Waals surface area contributed by atoms with Gasteiger partial charge in [0.1, 0.15) is 11.5 Å². The first-order valence-electron chi connectivity index (χ1n) is 8.10. The predicted molar refractivity (Wildman–Crippen MR) is 82.5 cm³/mol. The minimum atomic E-state index is -0.241. The predicted octanol–water partition coefficient (Wildman–Crippen LogP) is 3.38. The third kappa shape index (κ3) is 1.93. The van der Waals surface area contributed by atoms with E-state index in [2.05, 4.69) is 12.0 Å². The average Bonchev–Trinajstić information content (AvgIpc) is 2.94. The van der Waals surface area contributed by atoms with Crippen molar-refractivity contribution >= 4 is 0 Å². The largest absolute Gasteiger partial charge is 0.393 e. The Bertz CT molecular complexity index is 711. The molecule has 0 bridgehead atoms. The highest BCUT2D eigenvalue weighted by atomic mass is 19.1. The maximum Gasteiger partial charge on any atom is 0.148 e. The number of aryl methyl sites for hydroxylation is 1. The van der Waals surface area contributed by atoms with Crippen molar-refractivity contribution < 1.29 is 9.50 Å². The average molecular weight is 300 g/mol. The van der Waals surface area contributed by atoms with Crippen LogP contribution in [0.4, 0.5) is 4.39 Å². The molecule has 4 heteroatoms. The molecule has 2 aliphatic carbocycles. The summed E-state index contributed by atoms with van der Waals surface area (Å²) in [4.78, 5) is 0. The quantitative estimate of drug-likeness (QED) is 0.877. The van der Waals surface area contributed by atoms with Gasteiger partial charge < -0.3 is 5.11 Å². The number of benzene rings is 1. The zero-order valence-electron chi connectivity index (χ0n) is 12.8. The molecule has 1 aromatic heterocycles. The second kappa shape index (κ2) is 4.92. The first kappa shape index (κ1) is 13.9. The van der Waals surface area contributed by atoms with Crippen LogP contribution in [0.3, 0.4) is 0 Å². The van der Waals surface area contributed by atoms with Gasteiger partial charge in [-0.2, -0.15) is 5.10 Å². The number of nitrogens with zero attached hydrogens (tertiary/aromatic N) is 2. The highest BCUT2D eigenvalue weighted by Crippen LogP contribution is 2.50. The van der Waals surface area contributed by atoms with Gasteiger partial charge in [0.15, 0.2) is 0 Å². The minimum absolute atomic E-state index is 0.0222. The van der Waals surface area contributed by atoms with Crippen molar-refractivity contribution in [3.63, 3.8) is 0 Å². The van der Waals surface area contributed by atoms with Crippen LogP contribution in [0.5, 0.6) is 0 Å². The molecule has 1 saturated carbocycles. The summed E-state index contributed by atoms with van der Waals surface area (Å²) < 4.78 is 16.0. The van der Waals surface area contributed by atoms with E-state index in [9.17, 15) is 9.50 Å². The van der Waals surface area contributed by atoms with Crippen molar-refractivity contribution in [2.75, 3.05) is 0 Å². The Hall–Kier alpha value is -1.68. The second-order valence-corrected chi connectivity index (χ2v) is 6.96. The molecule has 116 valence electrons. The molecule has 3 nitrogen and oxygen atoms in total. The maximum absolute atomic E-state index is 14.2. The number of aliphatic hydroxyl groups is 1. The van der Waals surface area contributed by atoms with E-state index in [0.29, 0.717) is 11.6 Å². The van der Waals surface area contributed by atoms with Crippen molar-refractivity contribution in [1.82, 2.24) is 9.78 Å². The number of hydrogen-bond donors (Lipinski definition) is 1. The molecule has 0 spiro atoms. The highest BCUT2D eigenvalue weighted by Gasteiger charge is 2.46. The molecule has 1 aromatic carbocycles. The van der Waals surface area contributed by atoms with Crippen LogP contribution in [0, 0.1) is 11.7 Å². The van der Waals surface area contributed by atoms with Crippen LogP contribution in [-0.4, -0.2) is 21.0 Å². The van der Waals surface area contributed by atoms with Crippen LogP contribution in [-0.2, 0) is 11.8 Å². The van der Waals surface area contributed by atoms with Crippen molar-refractivity contribution in [3.05, 3.63) is 47.5 Å². The SMILES string of the molecule is C[C@@]12CC[C@@H](O)C[C@H]1CCc1cnn(-c3ccccc3F)c12. The van der Waals surface area contributed by atoms with Gasteiger partial charge in [0, 0.05) is 5.41 Å². The fourth-order valence-electron chi connectivity index (χ4n) is 4.44. The molecule has 2 aromatic rings. The molecular formula is C18H21FN2O. The van der Waals surface area contributed by atoms with Gasteiger partial charge >= 0.3 is 0 Å². The Morgan fingerprint density at radius 2 is 2.14 bits per heavy atom. The Balaban J connectivity index is 1.87. The highest BCUT2D eigenvalue weighted by molar-refractivity contribution is 5.41. The summed E-state index contributed by atoms with van der Waals surface area (Å²) in [5.41, 5.74) is 2.89. The van der Waals surface area contributed by atoms with Crippen LogP contribution in [0.1, 0.15) is 43.9 Å². The standard InChI is InChI=1S/C18H21FN2O/c1-18-9-8-14(22)10-13(18)7-6-12-11-20-21(17(12)18)16-5-3-2-4-15(16)19/h2-5,11,13-14,22H,6-10H2,1H3/t13-,14-,18-/m1/s1. The van der Waals surface area contributed by atoms with Gasteiger partial charge in [-0.15, -0.1) is 0 Å². The number of halogens is 1. The number of aliphatic hydroxyl groups excluding tert-OH is 1. The van der Waals surface area contributed by atoms with Gasteiger partial charge in [-0.05, 0) is 55.7 Å². The molecule has 0 unspecified atom stereocenters. The van der Waals surface area contributed by atoms with Gasteiger partial charge in [0.2, 0.25) is 0 Å². The van der Waals surface area contributed by atoms with Crippen LogP contribution in [0.2, 0.25) is 0 Å². The van der Waals surface area contributed by atoms with Gasteiger partial charge in [0.25, 0.3) is 0 Å². The first-order chi connectivity index (χ1) is 10.6.